The van der Waals surface area contributed by atoms with E-state index in [0.29, 0.717) is 13.0 Å². The summed E-state index contributed by atoms with van der Waals surface area (Å²) >= 11 is 4.90. The predicted molar refractivity (Wildman–Crippen MR) is 96.0 cm³/mol. The summed E-state index contributed by atoms with van der Waals surface area (Å²) in [6.45, 7) is 2.53. The molecular formula is C17H18ClN2NaO4S. The third-order valence-electron chi connectivity index (χ3n) is 3.79. The van der Waals surface area contributed by atoms with Crippen molar-refractivity contribution in [3.8, 4) is 0 Å². The first-order valence-corrected chi connectivity index (χ1v) is 9.29. The number of benzene rings is 2. The number of nitrogens with one attached hydrogen (secondary N) is 1. The molecule has 2 aromatic rings. The van der Waals surface area contributed by atoms with E-state index in [1.54, 1.807) is 12.1 Å². The summed E-state index contributed by atoms with van der Waals surface area (Å²) < 4.78 is 24.8. The summed E-state index contributed by atoms with van der Waals surface area (Å²) in [5.74, 6) is -0.769. The number of rotatable bonds is 3. The summed E-state index contributed by atoms with van der Waals surface area (Å²) in [5, 5.41) is 11.8. The van der Waals surface area contributed by atoms with Crippen molar-refractivity contribution < 1.29 is 47.9 Å². The third-order valence-corrected chi connectivity index (χ3v) is 5.38. The number of aryl methyl sites for hydroxylation is 1. The Balaban J connectivity index is 0.000000251. The maximum Gasteiger partial charge on any atom is 1.00 e. The molecule has 2 N–H and O–H groups in total. The van der Waals surface area contributed by atoms with Gasteiger partial charge in [-0.15, -0.1) is 0 Å². The van der Waals surface area contributed by atoms with Crippen molar-refractivity contribution in [2.24, 2.45) is 0 Å². The van der Waals surface area contributed by atoms with E-state index in [4.69, 9.17) is 16.9 Å². The maximum absolute atomic E-state index is 11.0. The van der Waals surface area contributed by atoms with Crippen LogP contribution in [0, 0.1) is 6.92 Å². The Morgan fingerprint density at radius 1 is 1.15 bits per heavy atom. The van der Waals surface area contributed by atoms with Gasteiger partial charge in [0.15, 0.2) is 0 Å². The van der Waals surface area contributed by atoms with Crippen LogP contribution in [0.25, 0.3) is 4.24 Å². The molecule has 9 heteroatoms. The van der Waals surface area contributed by atoms with Gasteiger partial charge in [-0.2, -0.15) is 0 Å². The summed E-state index contributed by atoms with van der Waals surface area (Å²) in [6, 6.07) is 13.8. The van der Waals surface area contributed by atoms with Crippen LogP contribution in [-0.4, -0.2) is 25.5 Å². The normalized spacial score (nSPS) is 15.7. The van der Waals surface area contributed by atoms with Gasteiger partial charge in [-0.05, 0) is 36.6 Å². The number of nitrogens with zero attached hydrogens (tertiary/aromatic N) is 1. The van der Waals surface area contributed by atoms with E-state index in [0.717, 1.165) is 11.1 Å². The smallest absolute Gasteiger partial charge is 0.480 e. The number of sulfonamides is 1. The molecule has 1 aliphatic heterocycles. The van der Waals surface area contributed by atoms with Crippen molar-refractivity contribution in [3.63, 3.8) is 0 Å². The van der Waals surface area contributed by atoms with Crippen LogP contribution in [0.4, 0.5) is 0 Å². The Kier molecular flexibility index (Phi) is 9.26. The van der Waals surface area contributed by atoms with Gasteiger partial charge in [0.2, 0.25) is 0 Å². The Bertz CT molecular complexity index is 844. The second kappa shape index (κ2) is 10.4. The molecule has 0 spiro atoms. The van der Waals surface area contributed by atoms with Gasteiger partial charge in [-0.3, -0.25) is 16.6 Å². The zero-order chi connectivity index (χ0) is 18.4. The number of aliphatic carboxylic acids is 1. The molecule has 1 aliphatic rings. The molecule has 0 bridgehead atoms. The topological polar surface area (TPSA) is 97.6 Å². The molecule has 0 saturated heterocycles. The van der Waals surface area contributed by atoms with E-state index in [2.05, 4.69) is 9.56 Å². The number of hydrogen-bond donors (Lipinski definition) is 2. The van der Waals surface area contributed by atoms with Crippen LogP contribution >= 0.6 is 11.8 Å². The molecule has 134 valence electrons. The van der Waals surface area contributed by atoms with Crippen LogP contribution in [-0.2, 0) is 27.8 Å². The molecular weight excluding hydrogens is 387 g/mol. The van der Waals surface area contributed by atoms with Gasteiger partial charge in [-0.1, -0.05) is 42.0 Å². The van der Waals surface area contributed by atoms with Gasteiger partial charge in [0.05, 0.1) is 0 Å². The van der Waals surface area contributed by atoms with Gasteiger partial charge >= 0.3 is 35.5 Å². The number of carbonyl (C=O) groups is 1. The molecule has 0 saturated carbocycles. The van der Waals surface area contributed by atoms with Gasteiger partial charge in [0.1, 0.15) is 16.1 Å². The molecule has 26 heavy (non-hydrogen) atoms. The number of halogens is 1. The molecule has 0 aliphatic carbocycles. The van der Waals surface area contributed by atoms with Crippen LogP contribution < -0.4 is 34.9 Å². The zero-order valence-corrected chi connectivity index (χ0v) is 18.1. The molecule has 1 unspecified atom stereocenters. The summed E-state index contributed by atoms with van der Waals surface area (Å²) in [6.07, 6.45) is 0.589. The molecule has 0 amide bonds. The predicted octanol–water partition coefficient (Wildman–Crippen LogP) is 0.000720. The maximum atomic E-state index is 11.0. The number of hydrogen-bond acceptors (Lipinski definition) is 4. The zero-order valence-electron chi connectivity index (χ0n) is 14.5. The Hall–Kier alpha value is -0.930. The van der Waals surface area contributed by atoms with Crippen LogP contribution in [0.3, 0.4) is 0 Å². The molecule has 1 heterocycles. The van der Waals surface area contributed by atoms with E-state index in [-0.39, 0.29) is 34.5 Å². The van der Waals surface area contributed by atoms with Crippen molar-refractivity contribution in [2.75, 3.05) is 0 Å². The molecule has 3 rings (SSSR count). The monoisotopic (exact) mass is 404 g/mol. The molecule has 2 aromatic carbocycles. The Morgan fingerprint density at radius 3 is 2.27 bits per heavy atom. The number of carboxylic acids is 1. The van der Waals surface area contributed by atoms with Crippen molar-refractivity contribution >= 4 is 27.8 Å². The van der Waals surface area contributed by atoms with Gasteiger partial charge in [-0.25, -0.2) is 8.42 Å². The fourth-order valence-corrected chi connectivity index (χ4v) is 3.18. The van der Waals surface area contributed by atoms with Crippen LogP contribution in [0.15, 0.2) is 53.4 Å². The van der Waals surface area contributed by atoms with Crippen molar-refractivity contribution in [2.45, 2.75) is 30.8 Å². The second-order valence-corrected chi connectivity index (χ2v) is 7.58. The van der Waals surface area contributed by atoms with E-state index >= 15 is 0 Å². The fourth-order valence-electron chi connectivity index (χ4n) is 2.38. The van der Waals surface area contributed by atoms with Crippen LogP contribution in [0.5, 0.6) is 0 Å². The quantitative estimate of drug-likeness (QED) is 0.702. The van der Waals surface area contributed by atoms with E-state index in [1.807, 2.05) is 31.2 Å². The average Bonchev–Trinajstić information content (AvgIpc) is 2.62. The van der Waals surface area contributed by atoms with E-state index in [1.165, 1.54) is 17.7 Å². The van der Waals surface area contributed by atoms with Gasteiger partial charge < -0.3 is 14.7 Å². The first-order chi connectivity index (χ1) is 11.8. The summed E-state index contributed by atoms with van der Waals surface area (Å²) in [7, 11) is -3.62. The number of carboxylic acid groups (broad SMARTS) is 1. The average molecular weight is 405 g/mol. The molecule has 0 fully saturated rings. The standard InChI is InChI=1S/C10H11NO2.C7H7ClNO2S.Na/c12-10(13)9-5-7-3-1-2-4-8(7)6-11-9;1-6-2-4-7(5-3-6)12(10,11)9-8;/h1-4,9,11H,5-6H2,(H,12,13);2-5H,1H3;/q;-1;+1. The molecule has 0 radical (unpaired) electrons. The molecule has 0 aromatic heterocycles. The Morgan fingerprint density at radius 2 is 1.73 bits per heavy atom. The first kappa shape index (κ1) is 23.1. The van der Waals surface area contributed by atoms with E-state index in [9.17, 15) is 13.2 Å². The minimum Gasteiger partial charge on any atom is -0.480 e. The van der Waals surface area contributed by atoms with Crippen molar-refractivity contribution in [1.82, 2.24) is 5.32 Å². The number of fused-ring (bicyclic) bond motifs is 1. The molecule has 1 atom stereocenters. The second-order valence-electron chi connectivity index (χ2n) is 5.60. The van der Waals surface area contributed by atoms with Gasteiger partial charge in [0.25, 0.3) is 0 Å². The van der Waals surface area contributed by atoms with Crippen molar-refractivity contribution in [3.05, 3.63) is 69.5 Å². The van der Waals surface area contributed by atoms with Crippen LogP contribution in [0.1, 0.15) is 16.7 Å². The van der Waals surface area contributed by atoms with Gasteiger partial charge in [0, 0.05) is 11.4 Å². The SMILES string of the molecule is Cc1ccc(S(=O)(=O)[N-]Cl)cc1.O=C(O)C1Cc2ccccc2CN1.[Na+]. The summed E-state index contributed by atoms with van der Waals surface area (Å²) in [5.41, 5.74) is 3.34. The molecule has 6 nitrogen and oxygen atoms in total. The third kappa shape index (κ3) is 6.35. The van der Waals surface area contributed by atoms with Crippen molar-refractivity contribution in [1.29, 1.82) is 0 Å². The summed E-state index contributed by atoms with van der Waals surface area (Å²) in [4.78, 5) is 10.8. The minimum absolute atomic E-state index is 0. The fraction of sp³-hybridized carbons (Fsp3) is 0.235. The van der Waals surface area contributed by atoms with E-state index < -0.39 is 22.0 Å². The minimum atomic E-state index is -3.62. The first-order valence-electron chi connectivity index (χ1n) is 7.51. The largest absolute Gasteiger partial charge is 1.00 e. The Labute approximate surface area is 180 Å². The van der Waals surface area contributed by atoms with Crippen LogP contribution in [0.2, 0.25) is 0 Å².